The van der Waals surface area contributed by atoms with E-state index < -0.39 is 76.6 Å². The van der Waals surface area contributed by atoms with Crippen LogP contribution in [-0.2, 0) is 17.8 Å². The molecular weight excluding hydrogens is 683 g/mol. The van der Waals surface area contributed by atoms with Crippen molar-refractivity contribution >= 4 is 17.5 Å². The predicted octanol–water partition coefficient (Wildman–Crippen LogP) is 5.50. The number of fused-ring (bicyclic) bond motifs is 2. The highest BCUT2D eigenvalue weighted by atomic mass is 19.4. The SMILES string of the molecule is CC(C)(O)C#Cc1ccc(-c2cccc3c2CNC3=O)c([C@H](Cc2cc(F)cc(F)c2)NC(=O)CNC2=C(C(=N)C(F)(F)F)[C@H]3C[C@H]3C2(F)F)n1. The Kier molecular flexibility index (Phi) is 8.95. The number of halogens is 7. The summed E-state index contributed by atoms with van der Waals surface area (Å²) in [7, 11) is 0. The number of benzene rings is 2. The number of aromatic nitrogens is 1. The van der Waals surface area contributed by atoms with E-state index in [4.69, 9.17) is 5.41 Å². The zero-order valence-corrected chi connectivity index (χ0v) is 27.0. The van der Waals surface area contributed by atoms with Gasteiger partial charge in [-0.15, -0.1) is 0 Å². The molecule has 0 spiro atoms. The molecule has 6 rings (SSSR count). The Balaban J connectivity index is 1.41. The quantitative estimate of drug-likeness (QED) is 0.114. The molecule has 8 nitrogen and oxygen atoms in total. The van der Waals surface area contributed by atoms with E-state index in [-0.39, 0.29) is 42.2 Å². The maximum atomic E-state index is 15.1. The molecule has 51 heavy (non-hydrogen) atoms. The number of carbonyl (C=O) groups excluding carboxylic acids is 2. The molecule has 266 valence electrons. The summed E-state index contributed by atoms with van der Waals surface area (Å²) in [5.41, 5.74) is -3.24. The summed E-state index contributed by atoms with van der Waals surface area (Å²) in [5, 5.41) is 25.2. The largest absolute Gasteiger partial charge is 0.433 e. The summed E-state index contributed by atoms with van der Waals surface area (Å²) in [6, 6.07) is 9.50. The number of nitrogens with zero attached hydrogens (tertiary/aromatic N) is 1. The molecule has 2 amide bonds. The molecule has 1 saturated carbocycles. The standard InChI is InChI=1S/C36H30F7N5O3/c1-34(2,51)9-8-20-6-7-22(21-4-3-5-23-25(21)15-46-33(23)50)30(47-20)27(12-17-10-18(37)13-19(38)11-17)48-28(49)16-45-32-29(31(44)36(41,42)43)24-14-26(24)35(32,39)40/h3-7,10-11,13,24,26-27,44-45,51H,12,14-16H2,1-2H3,(H,46,50)(H,48,49)/t24-,26+,27-/m0/s1. The number of amides is 2. The first-order chi connectivity index (χ1) is 23.8. The molecule has 2 aliphatic carbocycles. The lowest BCUT2D eigenvalue weighted by molar-refractivity contribution is -0.121. The van der Waals surface area contributed by atoms with Gasteiger partial charge in [-0.2, -0.15) is 22.0 Å². The second kappa shape index (κ2) is 12.8. The minimum atomic E-state index is -5.19. The number of hydrogen-bond donors (Lipinski definition) is 5. The first-order valence-electron chi connectivity index (χ1n) is 15.8. The number of rotatable bonds is 9. The van der Waals surface area contributed by atoms with Crippen LogP contribution in [0.15, 0.2) is 59.8 Å². The maximum absolute atomic E-state index is 15.1. The molecular formula is C36H30F7N5O3. The van der Waals surface area contributed by atoms with Crippen molar-refractivity contribution in [2.45, 2.75) is 57.0 Å². The van der Waals surface area contributed by atoms with E-state index in [1.54, 1.807) is 24.3 Å². The summed E-state index contributed by atoms with van der Waals surface area (Å²) >= 11 is 0. The number of pyridine rings is 1. The molecule has 3 atom stereocenters. The summed E-state index contributed by atoms with van der Waals surface area (Å²) in [4.78, 5) is 30.6. The fraction of sp³-hybridized carbons (Fsp3) is 0.333. The van der Waals surface area contributed by atoms with Gasteiger partial charge in [-0.25, -0.2) is 13.8 Å². The van der Waals surface area contributed by atoms with Crippen molar-refractivity contribution in [3.8, 4) is 23.0 Å². The smallest absolute Gasteiger partial charge is 0.378 e. The van der Waals surface area contributed by atoms with Gasteiger partial charge >= 0.3 is 6.18 Å². The van der Waals surface area contributed by atoms with Crippen molar-refractivity contribution in [3.63, 3.8) is 0 Å². The summed E-state index contributed by atoms with van der Waals surface area (Å²) < 4.78 is 99.2. The van der Waals surface area contributed by atoms with Crippen LogP contribution >= 0.6 is 0 Å². The van der Waals surface area contributed by atoms with Crippen molar-refractivity contribution in [2.24, 2.45) is 11.8 Å². The van der Waals surface area contributed by atoms with Crippen molar-refractivity contribution in [1.82, 2.24) is 20.9 Å². The molecule has 3 aliphatic rings. The lowest BCUT2D eigenvalue weighted by Crippen LogP contribution is -2.41. The predicted molar refractivity (Wildman–Crippen MR) is 170 cm³/mol. The summed E-state index contributed by atoms with van der Waals surface area (Å²) in [5.74, 6) is -4.14. The summed E-state index contributed by atoms with van der Waals surface area (Å²) in [6.07, 6.45) is -5.72. The van der Waals surface area contributed by atoms with E-state index in [1.807, 2.05) is 0 Å². The minimum Gasteiger partial charge on any atom is -0.378 e. The van der Waals surface area contributed by atoms with Crippen LogP contribution in [0.25, 0.3) is 11.1 Å². The Bertz CT molecular complexity index is 2040. The molecule has 1 aromatic heterocycles. The molecule has 1 fully saturated rings. The lowest BCUT2D eigenvalue weighted by Gasteiger charge is -2.24. The van der Waals surface area contributed by atoms with E-state index >= 15 is 8.78 Å². The van der Waals surface area contributed by atoms with Crippen LogP contribution in [0.1, 0.15) is 59.2 Å². The van der Waals surface area contributed by atoms with Crippen LogP contribution in [0.2, 0.25) is 0 Å². The topological polar surface area (TPSA) is 127 Å². The van der Waals surface area contributed by atoms with Gasteiger partial charge in [0.2, 0.25) is 5.91 Å². The number of carbonyl (C=O) groups is 2. The first-order valence-corrected chi connectivity index (χ1v) is 15.8. The van der Waals surface area contributed by atoms with Crippen molar-refractivity contribution < 1.29 is 45.4 Å². The van der Waals surface area contributed by atoms with Gasteiger partial charge in [-0.3, -0.25) is 15.0 Å². The third kappa shape index (κ3) is 7.32. The van der Waals surface area contributed by atoms with Gasteiger partial charge in [-0.1, -0.05) is 18.1 Å². The molecule has 0 bridgehead atoms. The third-order valence-electron chi connectivity index (χ3n) is 8.79. The van der Waals surface area contributed by atoms with Gasteiger partial charge in [0, 0.05) is 35.2 Å². The van der Waals surface area contributed by atoms with E-state index in [9.17, 15) is 36.6 Å². The zero-order chi connectivity index (χ0) is 37.0. The van der Waals surface area contributed by atoms with Crippen LogP contribution in [0.5, 0.6) is 0 Å². The van der Waals surface area contributed by atoms with Crippen molar-refractivity contribution in [1.29, 1.82) is 5.41 Å². The average Bonchev–Trinajstić information content (AvgIpc) is 3.70. The maximum Gasteiger partial charge on any atom is 0.433 e. The fourth-order valence-electron chi connectivity index (χ4n) is 6.50. The van der Waals surface area contributed by atoms with E-state index in [1.165, 1.54) is 19.9 Å². The lowest BCUT2D eigenvalue weighted by atomic mass is 9.91. The number of nitrogens with one attached hydrogen (secondary N) is 4. The number of aliphatic hydroxyl groups is 1. The van der Waals surface area contributed by atoms with Gasteiger partial charge in [0.05, 0.1) is 24.0 Å². The number of allylic oxidation sites excluding steroid dienone is 2. The second-order valence-electron chi connectivity index (χ2n) is 13.1. The average molecular weight is 714 g/mol. The van der Waals surface area contributed by atoms with Crippen LogP contribution < -0.4 is 16.0 Å². The molecule has 1 aliphatic heterocycles. The minimum absolute atomic E-state index is 0.0626. The second-order valence-corrected chi connectivity index (χ2v) is 13.1. The van der Waals surface area contributed by atoms with Crippen LogP contribution in [0, 0.1) is 40.7 Å². The van der Waals surface area contributed by atoms with E-state index in [2.05, 4.69) is 32.8 Å². The Morgan fingerprint density at radius 2 is 1.78 bits per heavy atom. The van der Waals surface area contributed by atoms with Crippen LogP contribution in [-0.4, -0.2) is 51.9 Å². The van der Waals surface area contributed by atoms with Gasteiger partial charge in [-0.05, 0) is 85.5 Å². The van der Waals surface area contributed by atoms with Crippen molar-refractivity contribution in [3.05, 3.63) is 99.5 Å². The van der Waals surface area contributed by atoms with Gasteiger partial charge in [0.15, 0.2) is 0 Å². The van der Waals surface area contributed by atoms with E-state index in [0.29, 0.717) is 28.3 Å². The Hall–Kier alpha value is -5.23. The van der Waals surface area contributed by atoms with Crippen LogP contribution in [0.3, 0.4) is 0 Å². The Morgan fingerprint density at radius 1 is 1.10 bits per heavy atom. The van der Waals surface area contributed by atoms with Gasteiger partial charge < -0.3 is 21.1 Å². The van der Waals surface area contributed by atoms with Crippen molar-refractivity contribution in [2.75, 3.05) is 6.54 Å². The monoisotopic (exact) mass is 713 g/mol. The highest BCUT2D eigenvalue weighted by Crippen LogP contribution is 2.63. The summed E-state index contributed by atoms with van der Waals surface area (Å²) in [6.45, 7) is 2.09. The number of alkyl halides is 5. The van der Waals surface area contributed by atoms with Gasteiger partial charge in [0.1, 0.15) is 28.6 Å². The molecule has 3 aromatic rings. The molecule has 2 aromatic carbocycles. The third-order valence-corrected chi connectivity index (χ3v) is 8.79. The molecule has 0 saturated heterocycles. The molecule has 15 heteroatoms. The molecule has 2 heterocycles. The zero-order valence-electron chi connectivity index (χ0n) is 27.0. The normalized spacial score (nSPS) is 19.4. The molecule has 5 N–H and O–H groups in total. The Morgan fingerprint density at radius 3 is 2.45 bits per heavy atom. The highest BCUT2D eigenvalue weighted by molar-refractivity contribution is 6.04. The Labute approximate surface area is 287 Å². The number of hydrogen-bond acceptors (Lipinski definition) is 6. The molecule has 0 radical (unpaired) electrons. The highest BCUT2D eigenvalue weighted by Gasteiger charge is 2.67. The first kappa shape index (κ1) is 35.6. The van der Waals surface area contributed by atoms with Crippen LogP contribution in [0.4, 0.5) is 30.7 Å². The molecule has 0 unspecified atom stereocenters. The fourth-order valence-corrected chi connectivity index (χ4v) is 6.50. The van der Waals surface area contributed by atoms with Gasteiger partial charge in [0.25, 0.3) is 11.8 Å². The van der Waals surface area contributed by atoms with E-state index in [0.717, 1.165) is 12.1 Å².